The van der Waals surface area contributed by atoms with Crippen molar-refractivity contribution in [1.82, 2.24) is 26.6 Å². The summed E-state index contributed by atoms with van der Waals surface area (Å²) in [5, 5.41) is 21.7. The number of aliphatic carboxylic acids is 1. The van der Waals surface area contributed by atoms with Crippen LogP contribution < -0.4 is 38.1 Å². The van der Waals surface area contributed by atoms with E-state index in [9.17, 15) is 33.6 Å². The molecule has 276 valence electrons. The Kier molecular flexibility index (Phi) is 28.4. The molecular weight excluding hydrogens is 650 g/mol. The minimum absolute atomic E-state index is 0.104. The highest BCUT2D eigenvalue weighted by molar-refractivity contribution is 7.99. The third-order valence-corrected chi connectivity index (χ3v) is 7.56. The average Bonchev–Trinajstić information content (AvgIpc) is 3.03. The van der Waals surface area contributed by atoms with Gasteiger partial charge in [-0.15, -0.1) is 0 Å². The first-order valence-corrected chi connectivity index (χ1v) is 17.5. The van der Waals surface area contributed by atoms with Gasteiger partial charge in [-0.1, -0.05) is 38.5 Å². The molecule has 0 unspecified atom stereocenters. The van der Waals surface area contributed by atoms with Crippen LogP contribution in [0.25, 0.3) is 0 Å². The number of thioether (sulfide) groups is 1. The normalized spacial score (nSPS) is 11.2. The number of amides is 7. The Labute approximate surface area is 286 Å². The fraction of sp³-hybridized carbons (Fsp3) is 0.767. The number of carbonyl (C=O) groups is 7. The van der Waals surface area contributed by atoms with Gasteiger partial charge in [-0.2, -0.15) is 11.8 Å². The maximum absolute atomic E-state index is 12.8. The Balaban J connectivity index is 4.11. The van der Waals surface area contributed by atoms with E-state index in [0.717, 1.165) is 44.9 Å². The van der Waals surface area contributed by atoms with Crippen LogP contribution in [0.2, 0.25) is 0 Å². The first-order valence-electron chi connectivity index (χ1n) is 16.4. The maximum atomic E-state index is 12.8. The highest BCUT2D eigenvalue weighted by Crippen LogP contribution is 2.09. The number of urea groups is 1. The number of hydrogen-bond donors (Lipinski definition) is 8. The molecule has 0 aromatic carbocycles. The molecule has 0 aliphatic heterocycles. The molecule has 1 atom stereocenters. The van der Waals surface area contributed by atoms with E-state index in [2.05, 4.69) is 26.6 Å². The van der Waals surface area contributed by atoms with Crippen molar-refractivity contribution in [3.8, 4) is 0 Å². The zero-order valence-electron chi connectivity index (χ0n) is 27.8. The van der Waals surface area contributed by atoms with Crippen LogP contribution in [0.15, 0.2) is 0 Å². The van der Waals surface area contributed by atoms with Gasteiger partial charge in [0.25, 0.3) is 0 Å². The first-order chi connectivity index (χ1) is 23.0. The van der Waals surface area contributed by atoms with Crippen molar-refractivity contribution in [2.24, 2.45) is 11.5 Å². The molecule has 0 saturated heterocycles. The molecule has 0 aliphatic rings. The molecule has 0 fully saturated rings. The highest BCUT2D eigenvalue weighted by Gasteiger charge is 2.20. The smallest absolute Gasteiger partial charge is 0.312 e. The average molecular weight is 706 g/mol. The lowest BCUT2D eigenvalue weighted by atomic mass is 10.1. The summed E-state index contributed by atoms with van der Waals surface area (Å²) in [4.78, 5) is 80.8. The summed E-state index contributed by atoms with van der Waals surface area (Å²) in [6, 6.07) is -1.49. The summed E-state index contributed by atoms with van der Waals surface area (Å²) in [6.45, 7) is 0.913. The van der Waals surface area contributed by atoms with E-state index in [1.54, 1.807) is 0 Å². The van der Waals surface area contributed by atoms with Crippen LogP contribution in [0.3, 0.4) is 0 Å². The van der Waals surface area contributed by atoms with Crippen LogP contribution in [0.4, 0.5) is 4.79 Å². The number of nitrogens with two attached hydrogens (primary N) is 2. The van der Waals surface area contributed by atoms with Gasteiger partial charge in [0, 0.05) is 38.2 Å². The second-order valence-corrected chi connectivity index (χ2v) is 12.0. The Bertz CT molecular complexity index is 974. The Morgan fingerprint density at radius 2 is 1.29 bits per heavy atom. The number of primary amides is 2. The number of carboxylic acids is 1. The number of ether oxygens (including phenoxy) is 2. The molecule has 18 heteroatoms. The third-order valence-electron chi connectivity index (χ3n) is 6.57. The van der Waals surface area contributed by atoms with Gasteiger partial charge in [0.1, 0.15) is 12.6 Å². The second-order valence-electron chi connectivity index (χ2n) is 10.9. The van der Waals surface area contributed by atoms with Crippen LogP contribution in [-0.4, -0.2) is 117 Å². The van der Waals surface area contributed by atoms with Crippen molar-refractivity contribution in [1.29, 1.82) is 0 Å². The summed E-state index contributed by atoms with van der Waals surface area (Å²) in [5.41, 5.74) is 10.1. The van der Waals surface area contributed by atoms with Crippen LogP contribution in [0, 0.1) is 0 Å². The molecule has 0 bridgehead atoms. The molecule has 0 radical (unpaired) electrons. The lowest BCUT2D eigenvalue weighted by molar-refractivity contribution is -0.137. The molecular formula is C30H55N7O10S. The van der Waals surface area contributed by atoms with E-state index in [-0.39, 0.29) is 88.8 Å². The summed E-state index contributed by atoms with van der Waals surface area (Å²) in [5.74, 6) is -2.17. The fourth-order valence-corrected chi connectivity index (χ4v) is 4.81. The van der Waals surface area contributed by atoms with Crippen LogP contribution in [0.1, 0.15) is 77.0 Å². The van der Waals surface area contributed by atoms with Crippen LogP contribution in [0.5, 0.6) is 0 Å². The molecule has 48 heavy (non-hydrogen) atoms. The molecule has 10 N–H and O–H groups in total. The molecule has 0 aliphatic carbocycles. The van der Waals surface area contributed by atoms with E-state index in [4.69, 9.17) is 26.0 Å². The van der Waals surface area contributed by atoms with Crippen molar-refractivity contribution in [2.45, 2.75) is 83.1 Å². The summed E-state index contributed by atoms with van der Waals surface area (Å²) >= 11 is 1.24. The fourth-order valence-electron chi connectivity index (χ4n) is 4.13. The molecule has 0 aromatic rings. The Morgan fingerprint density at radius 1 is 0.646 bits per heavy atom. The molecule has 0 spiro atoms. The highest BCUT2D eigenvalue weighted by atomic mass is 32.2. The predicted molar refractivity (Wildman–Crippen MR) is 180 cm³/mol. The number of carboxylic acid groups (broad SMARTS) is 1. The molecule has 0 heterocycles. The van der Waals surface area contributed by atoms with Crippen LogP contribution in [-0.2, 0) is 38.2 Å². The van der Waals surface area contributed by atoms with Crippen molar-refractivity contribution in [2.75, 3.05) is 64.1 Å². The zero-order valence-corrected chi connectivity index (χ0v) is 28.6. The maximum Gasteiger partial charge on any atom is 0.312 e. The van der Waals surface area contributed by atoms with Crippen molar-refractivity contribution < 1.29 is 48.1 Å². The van der Waals surface area contributed by atoms with Crippen molar-refractivity contribution in [3.63, 3.8) is 0 Å². The summed E-state index contributed by atoms with van der Waals surface area (Å²) < 4.78 is 10.7. The minimum Gasteiger partial charge on any atom is -0.481 e. The van der Waals surface area contributed by atoms with E-state index in [1.165, 1.54) is 11.8 Å². The van der Waals surface area contributed by atoms with Crippen LogP contribution >= 0.6 is 11.8 Å². The van der Waals surface area contributed by atoms with Gasteiger partial charge in [-0.25, -0.2) is 4.79 Å². The largest absolute Gasteiger partial charge is 0.481 e. The lowest BCUT2D eigenvalue weighted by Gasteiger charge is -2.19. The monoisotopic (exact) mass is 705 g/mol. The first kappa shape index (κ1) is 44.4. The van der Waals surface area contributed by atoms with Gasteiger partial charge in [0.2, 0.25) is 29.5 Å². The van der Waals surface area contributed by atoms with Gasteiger partial charge in [0.15, 0.2) is 0 Å². The van der Waals surface area contributed by atoms with Crippen molar-refractivity contribution >= 4 is 53.3 Å². The van der Waals surface area contributed by atoms with Gasteiger partial charge in [-0.3, -0.25) is 28.8 Å². The van der Waals surface area contributed by atoms with Gasteiger partial charge in [-0.05, 0) is 25.7 Å². The molecule has 7 amide bonds. The number of unbranched alkanes of at least 4 members (excludes halogenated alkanes) is 7. The second kappa shape index (κ2) is 30.7. The van der Waals surface area contributed by atoms with Crippen molar-refractivity contribution in [3.05, 3.63) is 0 Å². The number of carbonyl (C=O) groups excluding carboxylic acids is 6. The minimum atomic E-state index is -0.813. The summed E-state index contributed by atoms with van der Waals surface area (Å²) in [7, 11) is 0. The lowest BCUT2D eigenvalue weighted by Crippen LogP contribution is -2.48. The van der Waals surface area contributed by atoms with Gasteiger partial charge in [0.05, 0.1) is 32.1 Å². The molecule has 17 nitrogen and oxygen atoms in total. The SMILES string of the molecule is NC(=O)CSCCC(=O)NCC(=O)NCCOCCOCC(=O)N[C@@H](CCCNC(N)=O)C(=O)NCCCCCCCCCCC(=O)O. The summed E-state index contributed by atoms with van der Waals surface area (Å²) in [6.07, 6.45) is 8.57. The number of hydrogen-bond acceptors (Lipinski definition) is 10. The standard InChI is InChI=1S/C30H55N7O10S/c31-24(38)22-48-19-12-25(39)36-20-26(40)33-15-16-46-17-18-47-21-27(41)37-23(10-9-14-35-30(32)45)29(44)34-13-8-6-4-2-1-3-5-7-11-28(42)43/h23H,1-22H2,(H2,31,38)(H,33,40)(H,34,44)(H,36,39)(H,37,41)(H,42,43)(H3,32,35,45)/t23-/m0/s1. The quantitative estimate of drug-likeness (QED) is 0.0414. The molecule has 0 rings (SSSR count). The molecule has 0 saturated carbocycles. The van der Waals surface area contributed by atoms with E-state index in [0.29, 0.717) is 25.1 Å². The third kappa shape index (κ3) is 31.0. The van der Waals surface area contributed by atoms with E-state index < -0.39 is 29.9 Å². The number of nitrogens with one attached hydrogen (secondary N) is 5. The van der Waals surface area contributed by atoms with Gasteiger partial charge < -0.3 is 52.6 Å². The van der Waals surface area contributed by atoms with E-state index in [1.807, 2.05) is 0 Å². The Hall–Kier alpha value is -3.64. The Morgan fingerprint density at radius 3 is 1.96 bits per heavy atom. The van der Waals surface area contributed by atoms with E-state index >= 15 is 0 Å². The zero-order chi connectivity index (χ0) is 35.8. The topological polar surface area (TPSA) is 270 Å². The predicted octanol–water partition coefficient (Wildman–Crippen LogP) is -0.494. The molecule has 0 aromatic heterocycles. The van der Waals surface area contributed by atoms with Gasteiger partial charge >= 0.3 is 12.0 Å². The number of rotatable bonds is 32.